The second-order valence-electron chi connectivity index (χ2n) is 3.65. The molecule has 0 fully saturated rings. The molecule has 0 aliphatic heterocycles. The zero-order valence-corrected chi connectivity index (χ0v) is 11.1. The second-order valence-corrected chi connectivity index (χ2v) is 5.09. The largest absolute Gasteiger partial charge is 0.396 e. The number of nitrogen functional groups attached to an aromatic ring is 1. The Kier molecular flexibility index (Phi) is 3.86. The lowest BCUT2D eigenvalue weighted by molar-refractivity contribution is 0.843. The molecule has 2 rings (SSSR count). The minimum atomic E-state index is 0.600. The van der Waals surface area contributed by atoms with Crippen LogP contribution in [0.15, 0.2) is 29.9 Å². The molecule has 0 saturated carbocycles. The lowest BCUT2D eigenvalue weighted by Gasteiger charge is -2.24. The molecule has 0 amide bonds. The molecule has 0 bridgehead atoms. The van der Waals surface area contributed by atoms with E-state index in [1.165, 1.54) is 4.88 Å². The summed E-state index contributed by atoms with van der Waals surface area (Å²) in [5, 5.41) is 2.67. The SMILES string of the molecule is CCN(Cc1cccs1)c1c(N)cncc1Cl. The first-order chi connectivity index (χ1) is 8.22. The molecule has 0 aliphatic rings. The van der Waals surface area contributed by atoms with Crippen molar-refractivity contribution >= 4 is 34.3 Å². The lowest BCUT2D eigenvalue weighted by atomic mass is 10.3. The maximum Gasteiger partial charge on any atom is 0.0844 e. The van der Waals surface area contributed by atoms with Crippen LogP contribution in [0.3, 0.4) is 0 Å². The van der Waals surface area contributed by atoms with Crippen LogP contribution in [0, 0.1) is 0 Å². The molecule has 2 N–H and O–H groups in total. The number of pyridine rings is 1. The normalized spacial score (nSPS) is 10.5. The zero-order valence-electron chi connectivity index (χ0n) is 9.56. The minimum absolute atomic E-state index is 0.600. The van der Waals surface area contributed by atoms with Gasteiger partial charge in [-0.25, -0.2) is 0 Å². The molecule has 2 aromatic heterocycles. The Balaban J connectivity index is 2.29. The second kappa shape index (κ2) is 5.38. The van der Waals surface area contributed by atoms with E-state index in [0.29, 0.717) is 10.7 Å². The van der Waals surface area contributed by atoms with Crippen LogP contribution in [0.25, 0.3) is 0 Å². The number of hydrogen-bond acceptors (Lipinski definition) is 4. The summed E-state index contributed by atoms with van der Waals surface area (Å²) >= 11 is 7.89. The summed E-state index contributed by atoms with van der Waals surface area (Å²) in [6, 6.07) is 4.16. The monoisotopic (exact) mass is 267 g/mol. The molecule has 90 valence electrons. The van der Waals surface area contributed by atoms with Crippen LogP contribution in [0.5, 0.6) is 0 Å². The van der Waals surface area contributed by atoms with E-state index in [1.807, 2.05) is 6.07 Å². The van der Waals surface area contributed by atoms with Gasteiger partial charge in [0.15, 0.2) is 0 Å². The molecule has 0 saturated heterocycles. The van der Waals surface area contributed by atoms with Gasteiger partial charge in [0.2, 0.25) is 0 Å². The van der Waals surface area contributed by atoms with E-state index < -0.39 is 0 Å². The molecule has 0 aromatic carbocycles. The third-order valence-electron chi connectivity index (χ3n) is 2.53. The minimum Gasteiger partial charge on any atom is -0.396 e. The van der Waals surface area contributed by atoms with Crippen molar-refractivity contribution in [1.29, 1.82) is 0 Å². The van der Waals surface area contributed by atoms with Gasteiger partial charge in [0, 0.05) is 17.6 Å². The molecule has 0 spiro atoms. The first-order valence-electron chi connectivity index (χ1n) is 5.38. The molecule has 0 unspecified atom stereocenters. The molecular weight excluding hydrogens is 254 g/mol. The smallest absolute Gasteiger partial charge is 0.0844 e. The fourth-order valence-corrected chi connectivity index (χ4v) is 2.72. The molecule has 2 heterocycles. The number of hydrogen-bond donors (Lipinski definition) is 1. The van der Waals surface area contributed by atoms with Crippen molar-refractivity contribution < 1.29 is 0 Å². The van der Waals surface area contributed by atoms with E-state index in [-0.39, 0.29) is 0 Å². The van der Waals surface area contributed by atoms with Gasteiger partial charge in [-0.3, -0.25) is 4.98 Å². The molecule has 2 aromatic rings. The van der Waals surface area contributed by atoms with Crippen molar-refractivity contribution in [2.75, 3.05) is 17.2 Å². The Morgan fingerprint density at radius 3 is 2.88 bits per heavy atom. The number of anilines is 2. The summed E-state index contributed by atoms with van der Waals surface area (Å²) in [7, 11) is 0. The average Bonchev–Trinajstić information content (AvgIpc) is 2.80. The van der Waals surface area contributed by atoms with E-state index >= 15 is 0 Å². The van der Waals surface area contributed by atoms with Gasteiger partial charge in [-0.15, -0.1) is 11.3 Å². The Hall–Kier alpha value is -1.26. The summed E-state index contributed by atoms with van der Waals surface area (Å²) in [6.45, 7) is 3.76. The summed E-state index contributed by atoms with van der Waals surface area (Å²) < 4.78 is 0. The molecule has 3 nitrogen and oxygen atoms in total. The summed E-state index contributed by atoms with van der Waals surface area (Å²) in [5.41, 5.74) is 7.44. The standard InChI is InChI=1S/C12H14ClN3S/c1-2-16(8-9-4-3-5-17-9)12-10(13)6-15-7-11(12)14/h3-7H,2,8,14H2,1H3. The lowest BCUT2D eigenvalue weighted by Crippen LogP contribution is -2.23. The predicted octanol–water partition coefficient (Wildman–Crippen LogP) is 3.41. The third kappa shape index (κ3) is 2.70. The van der Waals surface area contributed by atoms with Gasteiger partial charge >= 0.3 is 0 Å². The Morgan fingerprint density at radius 2 is 2.29 bits per heavy atom. The molecular formula is C12H14ClN3S. The highest BCUT2D eigenvalue weighted by Gasteiger charge is 2.13. The van der Waals surface area contributed by atoms with Crippen LogP contribution in [0.1, 0.15) is 11.8 Å². The molecule has 5 heteroatoms. The first kappa shape index (κ1) is 12.2. The van der Waals surface area contributed by atoms with Crippen LogP contribution in [-0.4, -0.2) is 11.5 Å². The number of thiophene rings is 1. The van der Waals surface area contributed by atoms with Gasteiger partial charge < -0.3 is 10.6 Å². The summed E-state index contributed by atoms with van der Waals surface area (Å²) in [4.78, 5) is 7.43. The molecule has 0 aliphatic carbocycles. The van der Waals surface area contributed by atoms with Gasteiger partial charge in [-0.2, -0.15) is 0 Å². The van der Waals surface area contributed by atoms with Crippen molar-refractivity contribution in [2.24, 2.45) is 0 Å². The van der Waals surface area contributed by atoms with Gasteiger partial charge in [0.1, 0.15) is 0 Å². The van der Waals surface area contributed by atoms with Gasteiger partial charge in [-0.05, 0) is 18.4 Å². The summed E-state index contributed by atoms with van der Waals surface area (Å²) in [5.74, 6) is 0. The zero-order chi connectivity index (χ0) is 12.3. The molecule has 0 radical (unpaired) electrons. The van der Waals surface area contributed by atoms with E-state index in [2.05, 4.69) is 28.3 Å². The number of aromatic nitrogens is 1. The first-order valence-corrected chi connectivity index (χ1v) is 6.64. The van der Waals surface area contributed by atoms with Crippen molar-refractivity contribution in [3.05, 3.63) is 39.8 Å². The maximum atomic E-state index is 6.16. The van der Waals surface area contributed by atoms with Crippen molar-refractivity contribution in [3.63, 3.8) is 0 Å². The number of rotatable bonds is 4. The van der Waals surface area contributed by atoms with Crippen LogP contribution >= 0.6 is 22.9 Å². The predicted molar refractivity (Wildman–Crippen MR) is 74.7 cm³/mol. The van der Waals surface area contributed by atoms with Crippen molar-refractivity contribution in [2.45, 2.75) is 13.5 Å². The van der Waals surface area contributed by atoms with Crippen LogP contribution in [0.4, 0.5) is 11.4 Å². The number of nitrogens with two attached hydrogens (primary N) is 1. The molecule has 0 atom stereocenters. The van der Waals surface area contributed by atoms with E-state index in [9.17, 15) is 0 Å². The van der Waals surface area contributed by atoms with Crippen molar-refractivity contribution in [1.82, 2.24) is 4.98 Å². The van der Waals surface area contributed by atoms with Crippen molar-refractivity contribution in [3.8, 4) is 0 Å². The Labute approximate surface area is 110 Å². The average molecular weight is 268 g/mol. The fraction of sp³-hybridized carbons (Fsp3) is 0.250. The van der Waals surface area contributed by atoms with Crippen LogP contribution in [0.2, 0.25) is 5.02 Å². The highest BCUT2D eigenvalue weighted by Crippen LogP contribution is 2.32. The highest BCUT2D eigenvalue weighted by molar-refractivity contribution is 7.09. The van der Waals surface area contributed by atoms with Crippen LogP contribution in [-0.2, 0) is 6.54 Å². The number of halogens is 1. The van der Waals surface area contributed by atoms with Gasteiger partial charge in [0.25, 0.3) is 0 Å². The number of nitrogens with zero attached hydrogens (tertiary/aromatic N) is 2. The van der Waals surface area contributed by atoms with E-state index in [0.717, 1.165) is 18.8 Å². The Morgan fingerprint density at radius 1 is 1.47 bits per heavy atom. The van der Waals surface area contributed by atoms with Gasteiger partial charge in [-0.1, -0.05) is 17.7 Å². The maximum absolute atomic E-state index is 6.16. The topological polar surface area (TPSA) is 42.1 Å². The summed E-state index contributed by atoms with van der Waals surface area (Å²) in [6.07, 6.45) is 3.27. The third-order valence-corrected chi connectivity index (χ3v) is 3.66. The highest BCUT2D eigenvalue weighted by atomic mass is 35.5. The fourth-order valence-electron chi connectivity index (χ4n) is 1.72. The van der Waals surface area contributed by atoms with E-state index in [1.54, 1.807) is 23.7 Å². The van der Waals surface area contributed by atoms with E-state index in [4.69, 9.17) is 17.3 Å². The Bertz CT molecular complexity index is 464. The van der Waals surface area contributed by atoms with Gasteiger partial charge in [0.05, 0.1) is 29.1 Å². The van der Waals surface area contributed by atoms with Crippen LogP contribution < -0.4 is 10.6 Å². The molecule has 17 heavy (non-hydrogen) atoms. The quantitative estimate of drug-likeness (QED) is 0.923.